The minimum atomic E-state index is -0.354. The molecule has 0 aliphatic carbocycles. The first-order valence-corrected chi connectivity index (χ1v) is 4.29. The summed E-state index contributed by atoms with van der Waals surface area (Å²) >= 11 is 0. The van der Waals surface area contributed by atoms with Gasteiger partial charge in [-0.2, -0.15) is 0 Å². The van der Waals surface area contributed by atoms with Crippen LogP contribution in [0.1, 0.15) is 11.6 Å². The molecule has 3 heteroatoms. The molecule has 2 N–H and O–H groups in total. The van der Waals surface area contributed by atoms with Crippen LogP contribution in [0.15, 0.2) is 30.3 Å². The van der Waals surface area contributed by atoms with Gasteiger partial charge >= 0.3 is 0 Å². The normalized spacial score (nSPS) is 27.2. The molecule has 0 bridgehead atoms. The Balaban J connectivity index is 2.25. The summed E-state index contributed by atoms with van der Waals surface area (Å²) in [5, 5.41) is 0. The van der Waals surface area contributed by atoms with Crippen LogP contribution in [0.4, 0.5) is 0 Å². The van der Waals surface area contributed by atoms with Crippen LogP contribution in [0.2, 0.25) is 0 Å². The number of nitrogens with zero attached hydrogens (tertiary/aromatic N) is 1. The highest BCUT2D eigenvalue weighted by Gasteiger charge is 2.42. The molecule has 13 heavy (non-hydrogen) atoms. The molecule has 0 aromatic heterocycles. The second-order valence-corrected chi connectivity index (χ2v) is 3.33. The number of carbonyl (C=O) groups is 1. The van der Waals surface area contributed by atoms with Gasteiger partial charge < -0.3 is 10.6 Å². The smallest absolute Gasteiger partial charge is 0.242 e. The average molecular weight is 176 g/mol. The fraction of sp³-hybridized carbons (Fsp3) is 0.300. The van der Waals surface area contributed by atoms with Crippen LogP contribution in [0.3, 0.4) is 0 Å². The summed E-state index contributed by atoms with van der Waals surface area (Å²) < 4.78 is 0. The molecule has 3 nitrogen and oxygen atoms in total. The zero-order valence-corrected chi connectivity index (χ0v) is 7.47. The van der Waals surface area contributed by atoms with E-state index in [2.05, 4.69) is 0 Å². The predicted octanol–water partition coefficient (Wildman–Crippen LogP) is 0.527. The third-order valence-corrected chi connectivity index (χ3v) is 2.53. The second kappa shape index (κ2) is 2.85. The van der Waals surface area contributed by atoms with E-state index < -0.39 is 0 Å². The van der Waals surface area contributed by atoms with E-state index in [1.807, 2.05) is 30.3 Å². The van der Waals surface area contributed by atoms with Crippen molar-refractivity contribution in [1.82, 2.24) is 4.90 Å². The van der Waals surface area contributed by atoms with E-state index in [-0.39, 0.29) is 18.0 Å². The Kier molecular flexibility index (Phi) is 1.81. The Hall–Kier alpha value is -1.35. The van der Waals surface area contributed by atoms with Crippen molar-refractivity contribution >= 4 is 5.91 Å². The van der Waals surface area contributed by atoms with Gasteiger partial charge in [-0.15, -0.1) is 0 Å². The molecular weight excluding hydrogens is 164 g/mol. The quantitative estimate of drug-likeness (QED) is 0.634. The maximum Gasteiger partial charge on any atom is 0.242 e. The van der Waals surface area contributed by atoms with Crippen LogP contribution >= 0.6 is 0 Å². The molecule has 1 aliphatic rings. The van der Waals surface area contributed by atoms with E-state index in [9.17, 15) is 4.79 Å². The minimum Gasteiger partial charge on any atom is -0.335 e. The highest BCUT2D eigenvalue weighted by atomic mass is 16.2. The number of hydrogen-bond donors (Lipinski definition) is 1. The first-order valence-electron chi connectivity index (χ1n) is 4.29. The van der Waals surface area contributed by atoms with Crippen molar-refractivity contribution in [1.29, 1.82) is 0 Å². The lowest BCUT2D eigenvalue weighted by Crippen LogP contribution is -2.61. The number of likely N-dealkylation sites (tertiary alicyclic amines) is 1. The third kappa shape index (κ3) is 1.12. The van der Waals surface area contributed by atoms with Gasteiger partial charge in [0.2, 0.25) is 5.91 Å². The molecule has 1 aliphatic heterocycles. The van der Waals surface area contributed by atoms with Crippen molar-refractivity contribution in [3.63, 3.8) is 0 Å². The van der Waals surface area contributed by atoms with Crippen molar-refractivity contribution in [2.24, 2.45) is 5.73 Å². The molecule has 1 saturated heterocycles. The van der Waals surface area contributed by atoms with Gasteiger partial charge in [-0.3, -0.25) is 4.79 Å². The third-order valence-electron chi connectivity index (χ3n) is 2.53. The monoisotopic (exact) mass is 176 g/mol. The van der Waals surface area contributed by atoms with Crippen LogP contribution < -0.4 is 5.73 Å². The maximum absolute atomic E-state index is 11.1. The first kappa shape index (κ1) is 8.26. The van der Waals surface area contributed by atoms with E-state index in [1.54, 1.807) is 11.9 Å². The summed E-state index contributed by atoms with van der Waals surface area (Å²) in [6, 6.07) is 9.56. The van der Waals surface area contributed by atoms with Crippen molar-refractivity contribution in [2.75, 3.05) is 7.05 Å². The largest absolute Gasteiger partial charge is 0.335 e. The number of amides is 1. The van der Waals surface area contributed by atoms with Crippen molar-refractivity contribution in [3.05, 3.63) is 35.9 Å². The van der Waals surface area contributed by atoms with Gasteiger partial charge in [0.25, 0.3) is 0 Å². The number of benzene rings is 1. The number of nitrogens with two attached hydrogens (primary N) is 1. The van der Waals surface area contributed by atoms with Gasteiger partial charge in [0.1, 0.15) is 6.04 Å². The van der Waals surface area contributed by atoms with Crippen LogP contribution in [0, 0.1) is 0 Å². The number of carbonyl (C=O) groups excluding carboxylic acids is 1. The van der Waals surface area contributed by atoms with Crippen molar-refractivity contribution in [2.45, 2.75) is 12.1 Å². The van der Waals surface area contributed by atoms with Crippen LogP contribution in [0.5, 0.6) is 0 Å². The SMILES string of the molecule is CN1C(=O)[C@@H](N)[C@H]1c1ccccc1. The zero-order chi connectivity index (χ0) is 9.42. The Morgan fingerprint density at radius 3 is 2.46 bits per heavy atom. The zero-order valence-electron chi connectivity index (χ0n) is 7.47. The number of β-lactam (4-membered cyclic amide) rings is 1. The van der Waals surface area contributed by atoms with E-state index >= 15 is 0 Å². The molecule has 0 saturated carbocycles. The summed E-state index contributed by atoms with van der Waals surface area (Å²) in [7, 11) is 1.78. The summed E-state index contributed by atoms with van der Waals surface area (Å²) in [5.74, 6) is 0.0221. The Morgan fingerprint density at radius 1 is 1.31 bits per heavy atom. The predicted molar refractivity (Wildman–Crippen MR) is 49.9 cm³/mol. The van der Waals surface area contributed by atoms with E-state index in [0.29, 0.717) is 0 Å². The lowest BCUT2D eigenvalue weighted by molar-refractivity contribution is -0.146. The van der Waals surface area contributed by atoms with E-state index in [0.717, 1.165) is 5.56 Å². The lowest BCUT2D eigenvalue weighted by Gasteiger charge is -2.43. The molecule has 0 radical (unpaired) electrons. The van der Waals surface area contributed by atoms with Gasteiger partial charge in [-0.25, -0.2) is 0 Å². The summed E-state index contributed by atoms with van der Waals surface area (Å²) in [6.07, 6.45) is 0. The number of rotatable bonds is 1. The maximum atomic E-state index is 11.1. The molecule has 0 unspecified atom stereocenters. The molecule has 1 heterocycles. The number of likely N-dealkylation sites (N-methyl/N-ethyl adjacent to an activating group) is 1. The molecule has 68 valence electrons. The Morgan fingerprint density at radius 2 is 1.92 bits per heavy atom. The molecular formula is C10H12N2O. The summed E-state index contributed by atoms with van der Waals surface area (Å²) in [6.45, 7) is 0. The highest BCUT2D eigenvalue weighted by molar-refractivity contribution is 5.89. The Bertz CT molecular complexity index is 311. The molecule has 1 aromatic carbocycles. The Labute approximate surface area is 77.1 Å². The fourth-order valence-corrected chi connectivity index (χ4v) is 1.75. The van der Waals surface area contributed by atoms with Gasteiger partial charge in [0, 0.05) is 7.05 Å². The van der Waals surface area contributed by atoms with Crippen molar-refractivity contribution in [3.8, 4) is 0 Å². The highest BCUT2D eigenvalue weighted by Crippen LogP contribution is 2.31. The van der Waals surface area contributed by atoms with Crippen LogP contribution in [-0.2, 0) is 4.79 Å². The average Bonchev–Trinajstić information content (AvgIpc) is 2.19. The number of hydrogen-bond acceptors (Lipinski definition) is 2. The van der Waals surface area contributed by atoms with Gasteiger partial charge in [-0.05, 0) is 5.56 Å². The summed E-state index contributed by atoms with van der Waals surface area (Å²) in [5.41, 5.74) is 6.81. The van der Waals surface area contributed by atoms with Gasteiger partial charge in [-0.1, -0.05) is 30.3 Å². The van der Waals surface area contributed by atoms with Crippen molar-refractivity contribution < 1.29 is 4.79 Å². The topological polar surface area (TPSA) is 46.3 Å². The van der Waals surface area contributed by atoms with Gasteiger partial charge in [0.05, 0.1) is 6.04 Å². The lowest BCUT2D eigenvalue weighted by atomic mass is 9.90. The fourth-order valence-electron chi connectivity index (χ4n) is 1.75. The molecule has 0 spiro atoms. The minimum absolute atomic E-state index is 0.0221. The summed E-state index contributed by atoms with van der Waals surface area (Å²) in [4.78, 5) is 12.8. The molecule has 1 aromatic rings. The molecule has 1 fully saturated rings. The van der Waals surface area contributed by atoms with E-state index in [1.165, 1.54) is 0 Å². The molecule has 1 amide bonds. The van der Waals surface area contributed by atoms with Gasteiger partial charge in [0.15, 0.2) is 0 Å². The van der Waals surface area contributed by atoms with E-state index in [4.69, 9.17) is 5.73 Å². The molecule has 2 rings (SSSR count). The first-order chi connectivity index (χ1) is 6.22. The van der Waals surface area contributed by atoms with Crippen LogP contribution in [-0.4, -0.2) is 23.9 Å². The van der Waals surface area contributed by atoms with Crippen LogP contribution in [0.25, 0.3) is 0 Å². The second-order valence-electron chi connectivity index (χ2n) is 3.33. The standard InChI is InChI=1S/C10H12N2O/c1-12-9(8(11)10(12)13)7-5-3-2-4-6-7/h2-6,8-9H,11H2,1H3/t8-,9+/m0/s1. The molecule has 2 atom stereocenters.